The average molecular weight is 251 g/mol. The summed E-state index contributed by atoms with van der Waals surface area (Å²) in [5.41, 5.74) is 1.67. The number of ether oxygens (including phenoxy) is 1. The van der Waals surface area contributed by atoms with Crippen molar-refractivity contribution >= 4 is 11.3 Å². The van der Waals surface area contributed by atoms with E-state index in [2.05, 4.69) is 4.98 Å². The van der Waals surface area contributed by atoms with E-state index in [0.29, 0.717) is 12.2 Å². The van der Waals surface area contributed by atoms with Crippen LogP contribution in [0, 0.1) is 0 Å². The largest absolute Gasteiger partial charge is 0.467 e. The second kappa shape index (κ2) is 5.77. The summed E-state index contributed by atoms with van der Waals surface area (Å²) >= 11 is 1.55. The lowest BCUT2D eigenvalue weighted by molar-refractivity contribution is 0.0974. The molecule has 90 valence electrons. The molecule has 0 aliphatic rings. The van der Waals surface area contributed by atoms with Crippen molar-refractivity contribution in [1.29, 1.82) is 0 Å². The number of thiazole rings is 1. The Bertz CT molecular complexity index is 471. The third kappa shape index (κ3) is 2.82. The summed E-state index contributed by atoms with van der Waals surface area (Å²) in [4.78, 5) is 4.21. The zero-order valence-electron chi connectivity index (χ0n) is 9.17. The summed E-state index contributed by atoms with van der Waals surface area (Å²) in [6.07, 6.45) is 2.35. The van der Waals surface area contributed by atoms with Gasteiger partial charge in [0, 0.05) is 23.6 Å². The van der Waals surface area contributed by atoms with Crippen molar-refractivity contribution in [2.75, 3.05) is 6.79 Å². The van der Waals surface area contributed by atoms with Gasteiger partial charge in [-0.15, -0.1) is 11.3 Å². The van der Waals surface area contributed by atoms with Gasteiger partial charge in [0.05, 0.1) is 11.6 Å². The molecule has 0 saturated heterocycles. The molecule has 0 aliphatic carbocycles. The van der Waals surface area contributed by atoms with Gasteiger partial charge in [-0.3, -0.25) is 0 Å². The van der Waals surface area contributed by atoms with Gasteiger partial charge in [-0.25, -0.2) is 4.98 Å². The van der Waals surface area contributed by atoms with Crippen LogP contribution in [0.15, 0.2) is 29.8 Å². The number of benzene rings is 1. The molecule has 0 radical (unpaired) electrons. The molecule has 17 heavy (non-hydrogen) atoms. The minimum Gasteiger partial charge on any atom is -0.467 e. The molecule has 0 amide bonds. The lowest BCUT2D eigenvalue weighted by atomic mass is 10.0. The summed E-state index contributed by atoms with van der Waals surface area (Å²) in [7, 11) is 0. The Kier molecular flexibility index (Phi) is 4.08. The van der Waals surface area contributed by atoms with E-state index in [1.165, 1.54) is 0 Å². The van der Waals surface area contributed by atoms with E-state index in [9.17, 15) is 5.11 Å². The molecule has 2 aromatic rings. The van der Waals surface area contributed by atoms with E-state index in [4.69, 9.17) is 9.84 Å². The van der Waals surface area contributed by atoms with Gasteiger partial charge in [-0.05, 0) is 11.6 Å². The summed E-state index contributed by atoms with van der Waals surface area (Å²) in [5.74, 6) is 0.592. The van der Waals surface area contributed by atoms with Crippen LogP contribution in [0.4, 0.5) is 0 Å². The molecule has 1 heterocycles. The maximum Gasteiger partial charge on any atom is 0.186 e. The van der Waals surface area contributed by atoms with Gasteiger partial charge in [0.25, 0.3) is 0 Å². The fraction of sp³-hybridized carbons (Fsp3) is 0.250. The van der Waals surface area contributed by atoms with Crippen molar-refractivity contribution in [3.63, 3.8) is 0 Å². The molecule has 0 atom stereocenters. The quantitative estimate of drug-likeness (QED) is 0.792. The van der Waals surface area contributed by atoms with Gasteiger partial charge in [0.15, 0.2) is 6.79 Å². The van der Waals surface area contributed by atoms with Crippen molar-refractivity contribution in [1.82, 2.24) is 4.98 Å². The van der Waals surface area contributed by atoms with Gasteiger partial charge < -0.3 is 14.9 Å². The molecule has 2 N–H and O–H groups in total. The molecule has 1 aromatic carbocycles. The maximum atomic E-state index is 9.30. The Morgan fingerprint density at radius 2 is 2.18 bits per heavy atom. The molecular formula is C12H13NO3S. The number of aliphatic hydroxyl groups is 2. The van der Waals surface area contributed by atoms with Crippen molar-refractivity contribution < 1.29 is 14.9 Å². The third-order valence-electron chi connectivity index (χ3n) is 2.43. The highest BCUT2D eigenvalue weighted by molar-refractivity contribution is 7.09. The first-order chi connectivity index (χ1) is 8.35. The number of aromatic nitrogens is 1. The third-order valence-corrected chi connectivity index (χ3v) is 3.21. The molecule has 0 fully saturated rings. The van der Waals surface area contributed by atoms with E-state index in [0.717, 1.165) is 16.1 Å². The van der Waals surface area contributed by atoms with Crippen LogP contribution in [0.1, 0.15) is 16.1 Å². The van der Waals surface area contributed by atoms with Gasteiger partial charge >= 0.3 is 0 Å². The van der Waals surface area contributed by atoms with Crippen LogP contribution in [-0.2, 0) is 13.0 Å². The van der Waals surface area contributed by atoms with E-state index in [1.54, 1.807) is 29.7 Å². The summed E-state index contributed by atoms with van der Waals surface area (Å²) in [6.45, 7) is -0.427. The lowest BCUT2D eigenvalue weighted by Gasteiger charge is -2.12. The Hall–Kier alpha value is -1.43. The molecular weight excluding hydrogens is 238 g/mol. The topological polar surface area (TPSA) is 62.6 Å². The Labute approximate surface area is 103 Å². The van der Waals surface area contributed by atoms with Crippen LogP contribution >= 0.6 is 11.3 Å². The second-order valence-corrected chi connectivity index (χ2v) is 4.41. The van der Waals surface area contributed by atoms with Gasteiger partial charge in [0.2, 0.25) is 0 Å². The fourth-order valence-electron chi connectivity index (χ4n) is 1.66. The van der Waals surface area contributed by atoms with E-state index < -0.39 is 0 Å². The predicted octanol–water partition coefficient (Wildman–Crippen LogP) is 1.55. The monoisotopic (exact) mass is 251 g/mol. The fourth-order valence-corrected chi connectivity index (χ4v) is 2.28. The minimum atomic E-state index is -0.375. The first kappa shape index (κ1) is 12.0. The highest BCUT2D eigenvalue weighted by Crippen LogP contribution is 2.26. The maximum absolute atomic E-state index is 9.30. The predicted molar refractivity (Wildman–Crippen MR) is 65.0 cm³/mol. The summed E-state index contributed by atoms with van der Waals surface area (Å²) < 4.78 is 5.15. The van der Waals surface area contributed by atoms with E-state index >= 15 is 0 Å². The molecule has 0 aliphatic heterocycles. The van der Waals surface area contributed by atoms with Crippen molar-refractivity contribution in [3.8, 4) is 5.75 Å². The van der Waals surface area contributed by atoms with Gasteiger partial charge in [0.1, 0.15) is 5.75 Å². The highest BCUT2D eigenvalue weighted by atomic mass is 32.1. The molecule has 4 nitrogen and oxygen atoms in total. The van der Waals surface area contributed by atoms with Crippen LogP contribution in [0.2, 0.25) is 0 Å². The van der Waals surface area contributed by atoms with Crippen LogP contribution in [0.25, 0.3) is 0 Å². The van der Waals surface area contributed by atoms with E-state index in [1.807, 2.05) is 11.4 Å². The van der Waals surface area contributed by atoms with Crippen LogP contribution in [0.5, 0.6) is 5.75 Å². The number of aliphatic hydroxyl groups excluding tert-OH is 2. The number of hydrogen-bond acceptors (Lipinski definition) is 5. The number of hydrogen-bond donors (Lipinski definition) is 2. The highest BCUT2D eigenvalue weighted by Gasteiger charge is 2.11. The lowest BCUT2D eigenvalue weighted by Crippen LogP contribution is -2.03. The minimum absolute atomic E-state index is 0.0522. The van der Waals surface area contributed by atoms with Gasteiger partial charge in [-0.2, -0.15) is 0 Å². The Balaban J connectivity index is 2.34. The molecule has 0 spiro atoms. The average Bonchev–Trinajstić information content (AvgIpc) is 2.84. The molecule has 1 aromatic heterocycles. The van der Waals surface area contributed by atoms with Crippen molar-refractivity contribution in [3.05, 3.63) is 45.9 Å². The van der Waals surface area contributed by atoms with Crippen LogP contribution < -0.4 is 4.74 Å². The van der Waals surface area contributed by atoms with Crippen LogP contribution in [0.3, 0.4) is 0 Å². The number of rotatable bonds is 5. The first-order valence-corrected chi connectivity index (χ1v) is 6.06. The van der Waals surface area contributed by atoms with E-state index in [-0.39, 0.29) is 13.4 Å². The Morgan fingerprint density at radius 1 is 1.29 bits per heavy atom. The Morgan fingerprint density at radius 3 is 2.82 bits per heavy atom. The van der Waals surface area contributed by atoms with Crippen molar-refractivity contribution in [2.45, 2.75) is 13.0 Å². The summed E-state index contributed by atoms with van der Waals surface area (Å²) in [6, 6.07) is 5.41. The normalized spacial score (nSPS) is 10.5. The first-order valence-electron chi connectivity index (χ1n) is 5.18. The molecule has 0 unspecified atom stereocenters. The number of nitrogens with zero attached hydrogens (tertiary/aromatic N) is 1. The molecule has 0 saturated carbocycles. The molecule has 2 rings (SSSR count). The summed E-state index contributed by atoms with van der Waals surface area (Å²) in [5, 5.41) is 21.0. The zero-order valence-corrected chi connectivity index (χ0v) is 9.98. The molecule has 0 bridgehead atoms. The van der Waals surface area contributed by atoms with Crippen LogP contribution in [-0.4, -0.2) is 22.0 Å². The standard InChI is InChI=1S/C12H13NO3S/c14-7-9-2-1-3-11(16-8-15)10(9)6-12-13-4-5-17-12/h1-5,14-15H,6-8H2. The smallest absolute Gasteiger partial charge is 0.186 e. The second-order valence-electron chi connectivity index (χ2n) is 3.43. The van der Waals surface area contributed by atoms with Gasteiger partial charge in [-0.1, -0.05) is 12.1 Å². The zero-order chi connectivity index (χ0) is 12.1. The molecule has 5 heteroatoms. The van der Waals surface area contributed by atoms with Crippen molar-refractivity contribution in [2.24, 2.45) is 0 Å². The SMILES string of the molecule is OCOc1cccc(CO)c1Cc1nccs1.